The number of likely N-dealkylation sites (N-methyl/N-ethyl adjacent to an activating group) is 1. The maximum Gasteiger partial charge on any atom is 0.418 e. The number of alkyl halides is 3. The molecule has 2 aromatic rings. The van der Waals surface area contributed by atoms with Crippen LogP contribution in [0.4, 0.5) is 24.5 Å². The number of hydrogen-bond acceptors (Lipinski definition) is 4. The molecule has 2 rings (SSSR count). The van der Waals surface area contributed by atoms with Gasteiger partial charge in [0.1, 0.15) is 12.1 Å². The van der Waals surface area contributed by atoms with Gasteiger partial charge in [0.05, 0.1) is 16.2 Å². The number of para-hydroxylation sites is 2. The second-order valence-corrected chi connectivity index (χ2v) is 5.69. The quantitative estimate of drug-likeness (QED) is 0.596. The third-order valence-corrected chi connectivity index (χ3v) is 3.84. The Morgan fingerprint density at radius 3 is 2.32 bits per heavy atom. The minimum atomic E-state index is -4.66. The van der Waals surface area contributed by atoms with Crippen LogP contribution >= 0.6 is 0 Å². The highest BCUT2D eigenvalue weighted by molar-refractivity contribution is 6.01. The number of benzene rings is 2. The molecule has 0 aliphatic carbocycles. The SMILES string of the molecule is CCN(CC(=O)Nc1ccccc1C(F)(F)F)C(=O)c1ccccc1[N+](=O)[O-]. The Morgan fingerprint density at radius 1 is 1.11 bits per heavy atom. The molecule has 0 fully saturated rings. The van der Waals surface area contributed by atoms with Crippen molar-refractivity contribution < 1.29 is 27.7 Å². The molecule has 10 heteroatoms. The summed E-state index contributed by atoms with van der Waals surface area (Å²) < 4.78 is 39.1. The van der Waals surface area contributed by atoms with Gasteiger partial charge in [-0.05, 0) is 25.1 Å². The predicted octanol–water partition coefficient (Wildman–Crippen LogP) is 3.71. The van der Waals surface area contributed by atoms with Gasteiger partial charge in [-0.15, -0.1) is 0 Å². The van der Waals surface area contributed by atoms with Crippen molar-refractivity contribution in [3.63, 3.8) is 0 Å². The van der Waals surface area contributed by atoms with Gasteiger partial charge >= 0.3 is 6.18 Å². The number of amides is 2. The Balaban J connectivity index is 2.19. The third-order valence-electron chi connectivity index (χ3n) is 3.84. The topological polar surface area (TPSA) is 92.6 Å². The van der Waals surface area contributed by atoms with E-state index in [-0.39, 0.29) is 12.1 Å². The molecule has 0 bridgehead atoms. The van der Waals surface area contributed by atoms with Gasteiger partial charge < -0.3 is 10.2 Å². The van der Waals surface area contributed by atoms with Crippen LogP contribution in [0.15, 0.2) is 48.5 Å². The molecule has 0 unspecified atom stereocenters. The second-order valence-electron chi connectivity index (χ2n) is 5.69. The summed E-state index contributed by atoms with van der Waals surface area (Å²) in [6.45, 7) is 1.01. The number of nitrogens with one attached hydrogen (secondary N) is 1. The van der Waals surface area contributed by atoms with Crippen molar-refractivity contribution in [2.24, 2.45) is 0 Å². The molecule has 0 aliphatic heterocycles. The zero-order chi connectivity index (χ0) is 20.9. The van der Waals surface area contributed by atoms with Crippen LogP contribution in [-0.2, 0) is 11.0 Å². The van der Waals surface area contributed by atoms with E-state index in [2.05, 4.69) is 5.32 Å². The molecule has 7 nitrogen and oxygen atoms in total. The first-order valence-corrected chi connectivity index (χ1v) is 8.14. The highest BCUT2D eigenvalue weighted by Gasteiger charge is 2.34. The number of halogens is 3. The van der Waals surface area contributed by atoms with Gasteiger partial charge in [-0.25, -0.2) is 0 Å². The van der Waals surface area contributed by atoms with Crippen molar-refractivity contribution in [3.8, 4) is 0 Å². The van der Waals surface area contributed by atoms with Crippen molar-refractivity contribution in [1.29, 1.82) is 0 Å². The average Bonchev–Trinajstić information content (AvgIpc) is 2.65. The van der Waals surface area contributed by atoms with Gasteiger partial charge in [0.15, 0.2) is 0 Å². The van der Waals surface area contributed by atoms with Crippen LogP contribution in [-0.4, -0.2) is 34.7 Å². The fourth-order valence-corrected chi connectivity index (χ4v) is 2.51. The minimum Gasteiger partial charge on any atom is -0.329 e. The summed E-state index contributed by atoms with van der Waals surface area (Å²) >= 11 is 0. The van der Waals surface area contributed by atoms with Gasteiger partial charge in [-0.1, -0.05) is 24.3 Å². The molecule has 0 aliphatic rings. The van der Waals surface area contributed by atoms with Crippen molar-refractivity contribution in [2.75, 3.05) is 18.4 Å². The second kappa shape index (κ2) is 8.51. The number of anilines is 1. The molecule has 0 aromatic heterocycles. The number of carbonyl (C=O) groups excluding carboxylic acids is 2. The maximum absolute atomic E-state index is 13.0. The highest BCUT2D eigenvalue weighted by atomic mass is 19.4. The zero-order valence-corrected chi connectivity index (χ0v) is 14.7. The smallest absolute Gasteiger partial charge is 0.329 e. The lowest BCUT2D eigenvalue weighted by molar-refractivity contribution is -0.385. The molecule has 2 amide bonds. The molecule has 0 saturated heterocycles. The fourth-order valence-electron chi connectivity index (χ4n) is 2.51. The molecular weight excluding hydrogens is 379 g/mol. The normalized spacial score (nSPS) is 11.0. The summed E-state index contributed by atoms with van der Waals surface area (Å²) in [5.41, 5.74) is -2.09. The fraction of sp³-hybridized carbons (Fsp3) is 0.222. The van der Waals surface area contributed by atoms with Crippen molar-refractivity contribution >= 4 is 23.2 Å². The predicted molar refractivity (Wildman–Crippen MR) is 94.7 cm³/mol. The summed E-state index contributed by atoms with van der Waals surface area (Å²) in [4.78, 5) is 36.2. The average molecular weight is 395 g/mol. The summed E-state index contributed by atoms with van der Waals surface area (Å²) in [5, 5.41) is 13.2. The molecule has 0 radical (unpaired) electrons. The van der Waals surface area contributed by atoms with Gasteiger partial charge in [0.2, 0.25) is 5.91 Å². The van der Waals surface area contributed by atoms with Gasteiger partial charge in [-0.3, -0.25) is 19.7 Å². The largest absolute Gasteiger partial charge is 0.418 e. The first-order chi connectivity index (χ1) is 13.1. The number of nitro benzene ring substituents is 1. The molecule has 28 heavy (non-hydrogen) atoms. The lowest BCUT2D eigenvalue weighted by atomic mass is 10.1. The van der Waals surface area contributed by atoms with E-state index in [1.165, 1.54) is 30.3 Å². The molecule has 0 atom stereocenters. The number of rotatable bonds is 6. The Labute approximate surface area is 157 Å². The lowest BCUT2D eigenvalue weighted by Gasteiger charge is -2.21. The van der Waals surface area contributed by atoms with Gasteiger partial charge in [-0.2, -0.15) is 13.2 Å². The van der Waals surface area contributed by atoms with Crippen LogP contribution < -0.4 is 5.32 Å². The van der Waals surface area contributed by atoms with Crippen LogP contribution in [0, 0.1) is 10.1 Å². The van der Waals surface area contributed by atoms with E-state index < -0.39 is 46.4 Å². The number of nitrogens with zero attached hydrogens (tertiary/aromatic N) is 2. The molecule has 0 heterocycles. The first-order valence-electron chi connectivity index (χ1n) is 8.14. The Morgan fingerprint density at radius 2 is 1.71 bits per heavy atom. The monoisotopic (exact) mass is 395 g/mol. The summed E-state index contributed by atoms with van der Waals surface area (Å²) in [6.07, 6.45) is -4.66. The van der Waals surface area contributed by atoms with Crippen molar-refractivity contribution in [3.05, 3.63) is 69.8 Å². The Kier molecular flexibility index (Phi) is 6.34. The van der Waals surface area contributed by atoms with E-state index in [1.54, 1.807) is 6.92 Å². The Bertz CT molecular complexity index is 900. The summed E-state index contributed by atoms with van der Waals surface area (Å²) in [6, 6.07) is 9.68. The molecule has 2 aromatic carbocycles. The van der Waals surface area contributed by atoms with Crippen molar-refractivity contribution in [1.82, 2.24) is 4.90 Å². The zero-order valence-electron chi connectivity index (χ0n) is 14.7. The van der Waals surface area contributed by atoms with E-state index in [0.717, 1.165) is 23.1 Å². The standard InChI is InChI=1S/C18H16F3N3O4/c1-2-23(17(26)12-7-3-6-10-15(12)24(27)28)11-16(25)22-14-9-5-4-8-13(14)18(19,20)21/h3-10H,2,11H2,1H3,(H,22,25). The van der Waals surface area contributed by atoms with E-state index >= 15 is 0 Å². The van der Waals surface area contributed by atoms with Crippen molar-refractivity contribution in [2.45, 2.75) is 13.1 Å². The lowest BCUT2D eigenvalue weighted by Crippen LogP contribution is -2.38. The van der Waals surface area contributed by atoms with E-state index in [4.69, 9.17) is 0 Å². The number of nitro groups is 1. The minimum absolute atomic E-state index is 0.0270. The van der Waals surface area contributed by atoms with Crippen LogP contribution in [0.2, 0.25) is 0 Å². The first kappa shape index (κ1) is 20.9. The molecule has 0 spiro atoms. The molecule has 1 N–H and O–H groups in total. The van der Waals surface area contributed by atoms with E-state index in [0.29, 0.717) is 0 Å². The van der Waals surface area contributed by atoms with Crippen LogP contribution in [0.5, 0.6) is 0 Å². The molecule has 148 valence electrons. The third kappa shape index (κ3) is 4.84. The molecule has 0 saturated carbocycles. The van der Waals surface area contributed by atoms with Crippen LogP contribution in [0.25, 0.3) is 0 Å². The number of hydrogen-bond donors (Lipinski definition) is 1. The summed E-state index contributed by atoms with van der Waals surface area (Å²) in [7, 11) is 0. The van der Waals surface area contributed by atoms with Gasteiger partial charge in [0.25, 0.3) is 11.6 Å². The molecular formula is C18H16F3N3O4. The van der Waals surface area contributed by atoms with E-state index in [1.807, 2.05) is 0 Å². The van der Waals surface area contributed by atoms with Gasteiger partial charge in [0, 0.05) is 12.6 Å². The Hall–Kier alpha value is -3.43. The number of carbonyl (C=O) groups is 2. The summed E-state index contributed by atoms with van der Waals surface area (Å²) in [5.74, 6) is -1.63. The maximum atomic E-state index is 13.0. The van der Waals surface area contributed by atoms with Crippen LogP contribution in [0.1, 0.15) is 22.8 Å². The van der Waals surface area contributed by atoms with Crippen LogP contribution in [0.3, 0.4) is 0 Å². The highest BCUT2D eigenvalue weighted by Crippen LogP contribution is 2.34. The van der Waals surface area contributed by atoms with E-state index in [9.17, 15) is 32.9 Å².